The number of rotatable bonds is 0. The number of nitrogens with two attached hydrogens (primary N) is 1. The van der Waals surface area contributed by atoms with Crippen LogP contribution in [0, 0.1) is 0 Å². The summed E-state index contributed by atoms with van der Waals surface area (Å²) in [4.78, 5) is 10.7. The quantitative estimate of drug-likeness (QED) is 0.599. The van der Waals surface area contributed by atoms with Gasteiger partial charge >= 0.3 is 49.6 Å². The Morgan fingerprint density at radius 2 is 1.79 bits per heavy atom. The average Bonchev–Trinajstić information content (AvgIpc) is 1.94. The van der Waals surface area contributed by atoms with E-state index in [-0.39, 0.29) is 11.8 Å². The van der Waals surface area contributed by atoms with Crippen molar-refractivity contribution in [2.45, 2.75) is 31.3 Å². The number of nitrogens with one attached hydrogen (secondary N) is 1. The van der Waals surface area contributed by atoms with Crippen molar-refractivity contribution in [3.8, 4) is 0 Å². The first-order valence-corrected chi connectivity index (χ1v) is 14.9. The molecule has 2 unspecified atom stereocenters. The molecule has 90 valence electrons. The Morgan fingerprint density at radius 3 is 2.07 bits per heavy atom. The zero-order valence-corrected chi connectivity index (χ0v) is 12.4. The maximum atomic E-state index is 10.7. The molecule has 1 fully saturated rings. The van der Waals surface area contributed by atoms with Crippen molar-refractivity contribution in [2.75, 3.05) is 0 Å². The first kappa shape index (κ1) is 15.4. The van der Waals surface area contributed by atoms with Crippen LogP contribution in [0.5, 0.6) is 0 Å². The van der Waals surface area contributed by atoms with Gasteiger partial charge in [0.1, 0.15) is 5.78 Å². The van der Waals surface area contributed by atoms with Gasteiger partial charge < -0.3 is 16.3 Å². The van der Waals surface area contributed by atoms with E-state index >= 15 is 0 Å². The standard InChI is InChI=1S/C6H11N2O.4ClH.Pt/c7-4-1-2-6(9)5(8)3-4;;;;;/h4-5,8H,1-3,7H2;4*1H;/q-1;;;;;+4/p-4. The van der Waals surface area contributed by atoms with Crippen LogP contribution in [0.2, 0.25) is 0 Å². The van der Waals surface area contributed by atoms with E-state index in [1.165, 1.54) is 0 Å². The number of hydrogen-bond acceptors (Lipinski definition) is 2. The number of Topliss-reactive ketones (excluding diaryl/α,β-unsaturated/α-hetero) is 1. The topological polar surface area (TPSA) is 66.9 Å². The third-order valence-corrected chi connectivity index (χ3v) is 1.69. The Hall–Kier alpha value is 1.44. The molecule has 14 heavy (non-hydrogen) atoms. The fourth-order valence-electron chi connectivity index (χ4n) is 1.05. The van der Waals surface area contributed by atoms with E-state index in [1.54, 1.807) is 0 Å². The summed E-state index contributed by atoms with van der Waals surface area (Å²) in [7, 11) is 20.0. The third kappa shape index (κ3) is 9.97. The molecular weight excluding hydrogens is 453 g/mol. The SMILES string of the molecule is [Cl][Pt]([Cl])([Cl])[Cl].[NH-]C1CC(N)CCC1=O. The predicted octanol–water partition coefficient (Wildman–Crippen LogP) is 3.24. The molecule has 0 saturated heterocycles. The first-order chi connectivity index (χ1) is 6.20. The summed E-state index contributed by atoms with van der Waals surface area (Å²) >= 11 is -3.06. The van der Waals surface area contributed by atoms with Crippen molar-refractivity contribution in [1.29, 1.82) is 0 Å². The van der Waals surface area contributed by atoms with Crippen LogP contribution < -0.4 is 5.73 Å². The second-order valence-corrected chi connectivity index (χ2v) is 22.5. The Kier molecular flexibility index (Phi) is 7.61. The summed E-state index contributed by atoms with van der Waals surface area (Å²) in [6, 6.07) is -0.445. The molecule has 0 aromatic rings. The van der Waals surface area contributed by atoms with Crippen molar-refractivity contribution in [2.24, 2.45) is 5.73 Å². The second kappa shape index (κ2) is 6.90. The Balaban J connectivity index is 0.000000292. The zero-order chi connectivity index (χ0) is 11.4. The minimum atomic E-state index is -3.06. The van der Waals surface area contributed by atoms with E-state index in [4.69, 9.17) is 49.1 Å². The maximum Gasteiger partial charge on any atom is 0.115 e. The van der Waals surface area contributed by atoms with Gasteiger partial charge in [-0.25, -0.2) is 0 Å². The van der Waals surface area contributed by atoms with Gasteiger partial charge in [0.15, 0.2) is 0 Å². The van der Waals surface area contributed by atoms with Gasteiger partial charge in [-0.3, -0.25) is 0 Å². The van der Waals surface area contributed by atoms with Crippen LogP contribution in [-0.4, -0.2) is 17.9 Å². The van der Waals surface area contributed by atoms with Gasteiger partial charge in [-0.15, -0.1) is 0 Å². The van der Waals surface area contributed by atoms with Gasteiger partial charge in [0.2, 0.25) is 0 Å². The summed E-state index contributed by atoms with van der Waals surface area (Å²) in [6.45, 7) is 0. The van der Waals surface area contributed by atoms with Crippen LogP contribution in [0.4, 0.5) is 0 Å². The number of ketones is 1. The molecule has 1 rings (SSSR count). The third-order valence-electron chi connectivity index (χ3n) is 1.69. The van der Waals surface area contributed by atoms with Gasteiger partial charge in [0.25, 0.3) is 0 Å². The molecule has 0 spiro atoms. The Bertz CT molecular complexity index is 193. The van der Waals surface area contributed by atoms with Gasteiger partial charge in [-0.05, 0) is 12.8 Å². The zero-order valence-electron chi connectivity index (χ0n) is 7.09. The molecule has 2 atom stereocenters. The summed E-state index contributed by atoms with van der Waals surface area (Å²) < 4.78 is 0. The second-order valence-electron chi connectivity index (χ2n) is 2.82. The van der Waals surface area contributed by atoms with Crippen molar-refractivity contribution in [1.82, 2.24) is 0 Å². The maximum absolute atomic E-state index is 10.7. The summed E-state index contributed by atoms with van der Waals surface area (Å²) in [6.07, 6.45) is 1.84. The largest absolute Gasteiger partial charge is 0.668 e. The van der Waals surface area contributed by atoms with Crippen molar-refractivity contribution < 1.29 is 16.7 Å². The summed E-state index contributed by atoms with van der Waals surface area (Å²) in [5.74, 6) is 0.0525. The van der Waals surface area contributed by atoms with Gasteiger partial charge in [0, 0.05) is 12.5 Å². The Labute approximate surface area is 102 Å². The van der Waals surface area contributed by atoms with Crippen molar-refractivity contribution in [3.05, 3.63) is 5.73 Å². The van der Waals surface area contributed by atoms with Crippen LogP contribution in [0.1, 0.15) is 19.3 Å². The van der Waals surface area contributed by atoms with E-state index in [9.17, 15) is 4.79 Å². The van der Waals surface area contributed by atoms with E-state index in [0.29, 0.717) is 12.8 Å². The molecule has 0 radical (unpaired) electrons. The molecule has 0 aliphatic heterocycles. The molecule has 1 aliphatic carbocycles. The molecule has 0 bridgehead atoms. The molecule has 1 saturated carbocycles. The van der Waals surface area contributed by atoms with Crippen LogP contribution in [0.15, 0.2) is 0 Å². The van der Waals surface area contributed by atoms with Crippen molar-refractivity contribution >= 4 is 43.5 Å². The fraction of sp³-hybridized carbons (Fsp3) is 0.833. The van der Waals surface area contributed by atoms with Crippen LogP contribution in [0.3, 0.4) is 0 Å². The molecule has 0 amide bonds. The van der Waals surface area contributed by atoms with Gasteiger partial charge in [-0.2, -0.15) is 0 Å². The predicted molar refractivity (Wildman–Crippen MR) is 58.4 cm³/mol. The molecule has 0 aromatic carbocycles. The molecule has 1 aliphatic rings. The first-order valence-electron chi connectivity index (χ1n) is 3.67. The van der Waals surface area contributed by atoms with E-state index in [1.807, 2.05) is 0 Å². The van der Waals surface area contributed by atoms with Crippen LogP contribution in [-0.2, 0) is 16.7 Å². The smallest absolute Gasteiger partial charge is 0.115 e. The number of hydrogen-bond donors (Lipinski definition) is 1. The number of carbonyl (C=O) groups excluding carboxylic acids is 1. The molecule has 0 heterocycles. The number of halogens is 4. The minimum absolute atomic E-state index is 0.0525. The summed E-state index contributed by atoms with van der Waals surface area (Å²) in [5.41, 5.74) is 12.7. The van der Waals surface area contributed by atoms with Gasteiger partial charge in [0.05, 0.1) is 0 Å². The molecule has 3 N–H and O–H groups in total. The van der Waals surface area contributed by atoms with Crippen LogP contribution >= 0.6 is 37.7 Å². The monoisotopic (exact) mass is 462 g/mol. The summed E-state index contributed by atoms with van der Waals surface area (Å²) in [5, 5.41) is 0. The van der Waals surface area contributed by atoms with E-state index in [0.717, 1.165) is 6.42 Å². The molecular formula is C6H11Cl4N2OPt-. The van der Waals surface area contributed by atoms with Gasteiger partial charge in [-0.1, -0.05) is 6.04 Å². The molecule has 0 aromatic heterocycles. The molecule has 8 heteroatoms. The minimum Gasteiger partial charge on any atom is -0.668 e. The molecule has 3 nitrogen and oxygen atoms in total. The Morgan fingerprint density at radius 1 is 1.36 bits per heavy atom. The normalized spacial score (nSPS) is 29.1. The average molecular weight is 464 g/mol. The van der Waals surface area contributed by atoms with E-state index in [2.05, 4.69) is 0 Å². The number of carbonyl (C=O) groups is 1. The van der Waals surface area contributed by atoms with E-state index < -0.39 is 17.9 Å². The fourth-order valence-corrected chi connectivity index (χ4v) is 1.05. The van der Waals surface area contributed by atoms with Crippen molar-refractivity contribution in [3.63, 3.8) is 0 Å². The van der Waals surface area contributed by atoms with Crippen LogP contribution in [0.25, 0.3) is 5.73 Å².